The van der Waals surface area contributed by atoms with Crippen molar-refractivity contribution in [1.29, 1.82) is 0 Å². The fourth-order valence-corrected chi connectivity index (χ4v) is 4.75. The Bertz CT molecular complexity index is 832. The van der Waals surface area contributed by atoms with Gasteiger partial charge in [0, 0.05) is 19.5 Å². The van der Waals surface area contributed by atoms with E-state index in [4.69, 9.17) is 14.2 Å². The summed E-state index contributed by atoms with van der Waals surface area (Å²) in [5.41, 5.74) is 1.76. The molecule has 5 heteroatoms. The van der Waals surface area contributed by atoms with Crippen LogP contribution in [0.5, 0.6) is 0 Å². The van der Waals surface area contributed by atoms with Crippen molar-refractivity contribution < 1.29 is 19.0 Å². The third-order valence-corrected chi connectivity index (χ3v) is 6.37. The molecule has 2 aromatic rings. The molecular formula is C23H25NO4. The lowest BCUT2D eigenvalue weighted by molar-refractivity contribution is -0.108. The van der Waals surface area contributed by atoms with E-state index < -0.39 is 0 Å². The standard InChI is InChI=1S/C23H25NO4/c25-21(26-17-18-7-3-1-4-8-18)24-14-11-22(12-15-24)20-23(28-20,13-16-27-22)19-9-5-2-6-10-19/h1-10,20H,11-17H2. The first-order valence-electron chi connectivity index (χ1n) is 10.0. The maximum absolute atomic E-state index is 12.5. The SMILES string of the molecule is O=C(OCc1ccccc1)N1CCC2(CC1)OCCC1(c3ccccc3)OC21. The highest BCUT2D eigenvalue weighted by Gasteiger charge is 2.69. The van der Waals surface area contributed by atoms with Crippen LogP contribution in [0.1, 0.15) is 30.4 Å². The van der Waals surface area contributed by atoms with Crippen molar-refractivity contribution in [2.45, 2.75) is 43.2 Å². The van der Waals surface area contributed by atoms with Crippen LogP contribution in [-0.4, -0.2) is 42.4 Å². The minimum atomic E-state index is -0.287. The lowest BCUT2D eigenvalue weighted by Crippen LogP contribution is -2.54. The molecule has 0 bridgehead atoms. The van der Waals surface area contributed by atoms with Gasteiger partial charge in [-0.3, -0.25) is 0 Å². The van der Waals surface area contributed by atoms with Crippen molar-refractivity contribution in [3.8, 4) is 0 Å². The van der Waals surface area contributed by atoms with E-state index in [0.29, 0.717) is 26.3 Å². The van der Waals surface area contributed by atoms with E-state index in [1.54, 1.807) is 4.90 Å². The van der Waals surface area contributed by atoms with E-state index in [9.17, 15) is 4.79 Å². The van der Waals surface area contributed by atoms with E-state index in [-0.39, 0.29) is 23.4 Å². The Labute approximate surface area is 165 Å². The van der Waals surface area contributed by atoms with Crippen molar-refractivity contribution in [1.82, 2.24) is 4.90 Å². The Morgan fingerprint density at radius 3 is 2.39 bits per heavy atom. The van der Waals surface area contributed by atoms with E-state index in [2.05, 4.69) is 24.3 Å². The molecular weight excluding hydrogens is 354 g/mol. The van der Waals surface area contributed by atoms with Crippen molar-refractivity contribution in [3.63, 3.8) is 0 Å². The monoisotopic (exact) mass is 379 g/mol. The Morgan fingerprint density at radius 1 is 1.00 bits per heavy atom. The largest absolute Gasteiger partial charge is 0.445 e. The molecule has 5 rings (SSSR count). The fraction of sp³-hybridized carbons (Fsp3) is 0.435. The Kier molecular flexibility index (Phi) is 4.37. The van der Waals surface area contributed by atoms with Gasteiger partial charge in [-0.1, -0.05) is 60.7 Å². The lowest BCUT2D eigenvalue weighted by Gasteiger charge is -2.43. The molecule has 3 aliphatic rings. The number of piperidine rings is 1. The minimum absolute atomic E-state index is 0.0821. The van der Waals surface area contributed by atoms with Crippen LogP contribution in [0, 0.1) is 0 Å². The average molecular weight is 379 g/mol. The second kappa shape index (κ2) is 6.90. The molecule has 3 heterocycles. The van der Waals surface area contributed by atoms with Crippen molar-refractivity contribution in [3.05, 3.63) is 71.8 Å². The van der Waals surface area contributed by atoms with Crippen LogP contribution in [0.3, 0.4) is 0 Å². The molecule has 3 saturated heterocycles. The Morgan fingerprint density at radius 2 is 1.68 bits per heavy atom. The van der Waals surface area contributed by atoms with Crippen LogP contribution in [0.15, 0.2) is 60.7 Å². The van der Waals surface area contributed by atoms with Gasteiger partial charge in [-0.25, -0.2) is 4.79 Å². The smallest absolute Gasteiger partial charge is 0.410 e. The van der Waals surface area contributed by atoms with Gasteiger partial charge in [0.25, 0.3) is 0 Å². The number of hydrogen-bond acceptors (Lipinski definition) is 4. The number of hydrogen-bond donors (Lipinski definition) is 0. The number of nitrogens with zero attached hydrogens (tertiary/aromatic N) is 1. The second-order valence-electron chi connectivity index (χ2n) is 7.94. The second-order valence-corrected chi connectivity index (χ2v) is 7.94. The first-order valence-corrected chi connectivity index (χ1v) is 10.0. The zero-order valence-electron chi connectivity index (χ0n) is 15.9. The summed E-state index contributed by atoms with van der Waals surface area (Å²) in [5, 5.41) is 0. The zero-order chi connectivity index (χ0) is 19.0. The molecule has 0 aromatic heterocycles. The molecule has 2 unspecified atom stereocenters. The zero-order valence-corrected chi connectivity index (χ0v) is 15.9. The summed E-state index contributed by atoms with van der Waals surface area (Å²) < 4.78 is 18.0. The summed E-state index contributed by atoms with van der Waals surface area (Å²) in [4.78, 5) is 14.2. The maximum atomic E-state index is 12.5. The number of carbonyl (C=O) groups is 1. The molecule has 1 spiro atoms. The third-order valence-electron chi connectivity index (χ3n) is 6.37. The van der Waals surface area contributed by atoms with E-state index in [1.807, 2.05) is 36.4 Å². The van der Waals surface area contributed by atoms with Crippen LogP contribution in [0.4, 0.5) is 4.79 Å². The molecule has 0 radical (unpaired) electrons. The number of carbonyl (C=O) groups excluding carboxylic acids is 1. The van der Waals surface area contributed by atoms with Gasteiger partial charge in [-0.05, 0) is 24.0 Å². The Hall–Kier alpha value is -2.37. The van der Waals surface area contributed by atoms with Crippen LogP contribution < -0.4 is 0 Å². The molecule has 28 heavy (non-hydrogen) atoms. The lowest BCUT2D eigenvalue weighted by atomic mass is 9.77. The summed E-state index contributed by atoms with van der Waals surface area (Å²) in [6.07, 6.45) is 2.30. The molecule has 0 saturated carbocycles. The highest BCUT2D eigenvalue weighted by atomic mass is 16.7. The number of ether oxygens (including phenoxy) is 3. The Balaban J connectivity index is 1.21. The van der Waals surface area contributed by atoms with Gasteiger partial charge in [0.1, 0.15) is 23.9 Å². The number of likely N-dealkylation sites (tertiary alicyclic amines) is 1. The van der Waals surface area contributed by atoms with E-state index in [1.165, 1.54) is 5.56 Å². The number of epoxide rings is 1. The van der Waals surface area contributed by atoms with Gasteiger partial charge >= 0.3 is 6.09 Å². The van der Waals surface area contributed by atoms with Crippen molar-refractivity contribution in [2.75, 3.05) is 19.7 Å². The fourth-order valence-electron chi connectivity index (χ4n) is 4.75. The van der Waals surface area contributed by atoms with Crippen molar-refractivity contribution in [2.24, 2.45) is 0 Å². The van der Waals surface area contributed by atoms with Crippen molar-refractivity contribution >= 4 is 6.09 Å². The molecule has 2 atom stereocenters. The number of rotatable bonds is 3. The minimum Gasteiger partial charge on any atom is -0.445 e. The maximum Gasteiger partial charge on any atom is 0.410 e. The quantitative estimate of drug-likeness (QED) is 0.760. The molecule has 1 amide bonds. The predicted octanol–water partition coefficient (Wildman–Crippen LogP) is 3.87. The third kappa shape index (κ3) is 2.99. The molecule has 2 aromatic carbocycles. The number of amides is 1. The molecule has 0 N–H and O–H groups in total. The van der Waals surface area contributed by atoms with Gasteiger partial charge < -0.3 is 19.1 Å². The summed E-state index contributed by atoms with van der Waals surface area (Å²) >= 11 is 0. The molecule has 5 nitrogen and oxygen atoms in total. The summed E-state index contributed by atoms with van der Waals surface area (Å²) in [6, 6.07) is 20.2. The van der Waals surface area contributed by atoms with E-state index >= 15 is 0 Å². The van der Waals surface area contributed by atoms with Gasteiger partial charge in [-0.15, -0.1) is 0 Å². The van der Waals surface area contributed by atoms with Gasteiger partial charge in [0.05, 0.1) is 6.61 Å². The van der Waals surface area contributed by atoms with Crippen LogP contribution in [0.25, 0.3) is 0 Å². The first-order chi connectivity index (χ1) is 13.7. The van der Waals surface area contributed by atoms with E-state index in [0.717, 1.165) is 24.8 Å². The van der Waals surface area contributed by atoms with Crippen LogP contribution in [0.2, 0.25) is 0 Å². The summed E-state index contributed by atoms with van der Waals surface area (Å²) in [6.45, 7) is 2.28. The topological polar surface area (TPSA) is 51.3 Å². The van der Waals surface area contributed by atoms with Gasteiger partial charge in [0.15, 0.2) is 0 Å². The van der Waals surface area contributed by atoms with Gasteiger partial charge in [0.2, 0.25) is 0 Å². The van der Waals surface area contributed by atoms with Crippen LogP contribution >= 0.6 is 0 Å². The number of fused-ring (bicyclic) bond motifs is 2. The highest BCUT2D eigenvalue weighted by Crippen LogP contribution is 2.59. The number of benzene rings is 2. The summed E-state index contributed by atoms with van der Waals surface area (Å²) in [5.74, 6) is 0. The first kappa shape index (κ1) is 17.7. The normalized spacial score (nSPS) is 27.9. The summed E-state index contributed by atoms with van der Waals surface area (Å²) in [7, 11) is 0. The molecule has 3 fully saturated rings. The molecule has 3 aliphatic heterocycles. The molecule has 146 valence electrons. The highest BCUT2D eigenvalue weighted by molar-refractivity contribution is 5.67. The van der Waals surface area contributed by atoms with Gasteiger partial charge in [-0.2, -0.15) is 0 Å². The van der Waals surface area contributed by atoms with Crippen LogP contribution in [-0.2, 0) is 26.4 Å². The average Bonchev–Trinajstić information content (AvgIpc) is 3.52. The predicted molar refractivity (Wildman–Crippen MR) is 104 cm³/mol. The molecule has 0 aliphatic carbocycles.